The Kier molecular flexibility index (Phi) is 3.26. The molecule has 0 N–H and O–H groups in total. The lowest BCUT2D eigenvalue weighted by Gasteiger charge is -2.23. The van der Waals surface area contributed by atoms with Crippen molar-refractivity contribution in [1.82, 2.24) is 0 Å². The molecule has 2 unspecified atom stereocenters. The molecule has 0 saturated heterocycles. The van der Waals surface area contributed by atoms with Crippen LogP contribution in [0.5, 0.6) is 0 Å². The number of alkyl halides is 1. The number of rotatable bonds is 2. The van der Waals surface area contributed by atoms with Gasteiger partial charge in [0, 0.05) is 19.1 Å². The normalized spacial score (nSPS) is 29.3. The maximum atomic E-state index is 5.32. The fraction of sp³-hybridized carbons (Fsp3) is 0.231. The lowest BCUT2D eigenvalue weighted by atomic mass is 9.94. The average Bonchev–Trinajstić information content (AvgIpc) is 2.31. The summed E-state index contributed by atoms with van der Waals surface area (Å²) in [5.41, 5.74) is 1.29. The Bertz CT molecular complexity index is 367. The quantitative estimate of drug-likeness (QED) is 0.462. The minimum absolute atomic E-state index is 0.323. The van der Waals surface area contributed by atoms with Crippen LogP contribution in [0.2, 0.25) is 0 Å². The van der Waals surface area contributed by atoms with Gasteiger partial charge in [-0.1, -0.05) is 42.5 Å². The number of ether oxygens (including phenoxy) is 1. The summed E-state index contributed by atoms with van der Waals surface area (Å²) in [5.74, 6) is 0.323. The zero-order valence-corrected chi connectivity index (χ0v) is 10.6. The first-order valence-corrected chi connectivity index (χ1v) is 5.91. The third-order valence-corrected chi connectivity index (χ3v) is 3.57. The highest BCUT2D eigenvalue weighted by atomic mass is 127. The Morgan fingerprint density at radius 3 is 2.60 bits per heavy atom. The van der Waals surface area contributed by atoms with Crippen molar-refractivity contribution in [3.63, 3.8) is 0 Å². The van der Waals surface area contributed by atoms with E-state index in [0.29, 0.717) is 5.92 Å². The molecule has 1 aromatic carbocycles. The highest BCUT2D eigenvalue weighted by Gasteiger charge is 2.23. The minimum Gasteiger partial charge on any atom is -0.360 e. The summed E-state index contributed by atoms with van der Waals surface area (Å²) in [5, 5.41) is 0. The standard InChI is InChI=1S/C13H12IO/c1-15-13(14)9-7-12(8-10-13)11-5-3-2-4-6-11/h2-9,12H,1H3. The Morgan fingerprint density at radius 2 is 2.07 bits per heavy atom. The van der Waals surface area contributed by atoms with Crippen LogP contribution in [0.3, 0.4) is 0 Å². The first-order valence-electron chi connectivity index (χ1n) is 4.83. The van der Waals surface area contributed by atoms with Crippen molar-refractivity contribution in [3.8, 4) is 0 Å². The summed E-state index contributed by atoms with van der Waals surface area (Å²) in [6.45, 7) is 0. The molecule has 1 aromatic rings. The fourth-order valence-corrected chi connectivity index (χ4v) is 1.93. The molecular formula is C13H12IO. The van der Waals surface area contributed by atoms with Crippen molar-refractivity contribution in [2.75, 3.05) is 7.11 Å². The molecule has 0 fully saturated rings. The van der Waals surface area contributed by atoms with Gasteiger partial charge in [-0.15, -0.1) is 0 Å². The second-order valence-electron chi connectivity index (χ2n) is 3.46. The molecule has 0 spiro atoms. The lowest BCUT2D eigenvalue weighted by molar-refractivity contribution is 0.157. The Hall–Kier alpha value is -0.610. The van der Waals surface area contributed by atoms with Gasteiger partial charge in [0.2, 0.25) is 0 Å². The van der Waals surface area contributed by atoms with Crippen molar-refractivity contribution < 1.29 is 4.74 Å². The van der Waals surface area contributed by atoms with Gasteiger partial charge in [-0.05, 0) is 34.2 Å². The van der Waals surface area contributed by atoms with E-state index in [0.717, 1.165) is 0 Å². The SMILES string of the molecule is COC1(I)[C]=CC(c2ccccc2)C=C1. The smallest absolute Gasteiger partial charge is 0.162 e. The molecule has 0 heterocycles. The maximum Gasteiger partial charge on any atom is 0.162 e. The number of methoxy groups -OCH3 is 1. The molecule has 2 heteroatoms. The molecule has 2 rings (SSSR count). The second-order valence-corrected chi connectivity index (χ2v) is 5.06. The van der Waals surface area contributed by atoms with Crippen LogP contribution in [0.4, 0.5) is 0 Å². The third-order valence-electron chi connectivity index (χ3n) is 2.46. The molecule has 1 aliphatic rings. The summed E-state index contributed by atoms with van der Waals surface area (Å²) in [7, 11) is 1.69. The molecule has 1 aliphatic carbocycles. The molecule has 0 bridgehead atoms. The van der Waals surface area contributed by atoms with E-state index in [-0.39, 0.29) is 3.61 Å². The van der Waals surface area contributed by atoms with Crippen LogP contribution in [0, 0.1) is 6.08 Å². The van der Waals surface area contributed by atoms with Gasteiger partial charge in [-0.25, -0.2) is 0 Å². The van der Waals surface area contributed by atoms with Gasteiger partial charge in [0.25, 0.3) is 0 Å². The first-order chi connectivity index (χ1) is 7.23. The highest BCUT2D eigenvalue weighted by molar-refractivity contribution is 14.1. The number of hydrogen-bond acceptors (Lipinski definition) is 1. The van der Waals surface area contributed by atoms with Crippen molar-refractivity contribution in [1.29, 1.82) is 0 Å². The van der Waals surface area contributed by atoms with Gasteiger partial charge >= 0.3 is 0 Å². The number of benzene rings is 1. The summed E-state index contributed by atoms with van der Waals surface area (Å²) in [6, 6.07) is 10.4. The van der Waals surface area contributed by atoms with Gasteiger partial charge in [-0.3, -0.25) is 0 Å². The predicted octanol–water partition coefficient (Wildman–Crippen LogP) is 3.48. The summed E-state index contributed by atoms with van der Waals surface area (Å²) >= 11 is 2.23. The van der Waals surface area contributed by atoms with E-state index in [9.17, 15) is 0 Å². The topological polar surface area (TPSA) is 9.23 Å². The predicted molar refractivity (Wildman–Crippen MR) is 69.9 cm³/mol. The van der Waals surface area contributed by atoms with Crippen molar-refractivity contribution in [3.05, 3.63) is 60.2 Å². The van der Waals surface area contributed by atoms with E-state index < -0.39 is 0 Å². The number of hydrogen-bond donors (Lipinski definition) is 0. The van der Waals surface area contributed by atoms with Gasteiger partial charge in [-0.2, -0.15) is 0 Å². The van der Waals surface area contributed by atoms with E-state index in [2.05, 4.69) is 65.1 Å². The van der Waals surface area contributed by atoms with Gasteiger partial charge in [0.05, 0.1) is 0 Å². The maximum absolute atomic E-state index is 5.32. The molecule has 77 valence electrons. The fourth-order valence-electron chi connectivity index (χ4n) is 1.54. The van der Waals surface area contributed by atoms with Crippen LogP contribution in [-0.2, 0) is 4.74 Å². The third kappa shape index (κ3) is 2.49. The van der Waals surface area contributed by atoms with Gasteiger partial charge < -0.3 is 4.74 Å². The van der Waals surface area contributed by atoms with E-state index in [1.54, 1.807) is 7.11 Å². The monoisotopic (exact) mass is 311 g/mol. The van der Waals surface area contributed by atoms with Crippen LogP contribution >= 0.6 is 22.6 Å². The molecular weight excluding hydrogens is 299 g/mol. The van der Waals surface area contributed by atoms with Crippen LogP contribution in [-0.4, -0.2) is 10.7 Å². The minimum atomic E-state index is -0.386. The van der Waals surface area contributed by atoms with Crippen molar-refractivity contribution >= 4 is 22.6 Å². The summed E-state index contributed by atoms with van der Waals surface area (Å²) < 4.78 is 4.93. The largest absolute Gasteiger partial charge is 0.360 e. The zero-order chi connectivity index (χ0) is 10.7. The van der Waals surface area contributed by atoms with Crippen molar-refractivity contribution in [2.24, 2.45) is 0 Å². The van der Waals surface area contributed by atoms with Gasteiger partial charge in [0.15, 0.2) is 3.61 Å². The molecule has 1 radical (unpaired) electrons. The molecule has 0 amide bonds. The summed E-state index contributed by atoms with van der Waals surface area (Å²) in [6.07, 6.45) is 9.51. The van der Waals surface area contributed by atoms with E-state index >= 15 is 0 Å². The van der Waals surface area contributed by atoms with E-state index in [1.165, 1.54) is 5.56 Å². The lowest BCUT2D eigenvalue weighted by Crippen LogP contribution is -2.20. The van der Waals surface area contributed by atoms with E-state index in [4.69, 9.17) is 4.74 Å². The molecule has 0 aliphatic heterocycles. The molecule has 0 saturated carbocycles. The zero-order valence-electron chi connectivity index (χ0n) is 8.48. The van der Waals surface area contributed by atoms with Gasteiger partial charge in [0.1, 0.15) is 0 Å². The van der Waals surface area contributed by atoms with Crippen LogP contribution in [0.25, 0.3) is 0 Å². The number of allylic oxidation sites excluding steroid dienone is 2. The van der Waals surface area contributed by atoms with Crippen LogP contribution in [0.15, 0.2) is 48.6 Å². The van der Waals surface area contributed by atoms with Crippen molar-refractivity contribution in [2.45, 2.75) is 9.53 Å². The molecule has 0 aromatic heterocycles. The molecule has 1 nitrogen and oxygen atoms in total. The molecule has 2 atom stereocenters. The van der Waals surface area contributed by atoms with Crippen LogP contribution in [0.1, 0.15) is 11.5 Å². The second kappa shape index (κ2) is 4.49. The summed E-state index contributed by atoms with van der Waals surface area (Å²) in [4.78, 5) is 0. The van der Waals surface area contributed by atoms with E-state index in [1.807, 2.05) is 12.1 Å². The first kappa shape index (κ1) is 10.9. The average molecular weight is 311 g/mol. The highest BCUT2D eigenvalue weighted by Crippen LogP contribution is 2.31. The Labute approximate surface area is 104 Å². The van der Waals surface area contributed by atoms with Crippen LogP contribution < -0.4 is 0 Å². The molecule has 15 heavy (non-hydrogen) atoms. The number of halogens is 1. The Balaban J connectivity index is 2.18. The Morgan fingerprint density at radius 1 is 1.33 bits per heavy atom.